The maximum atomic E-state index is 2.47. The van der Waals surface area contributed by atoms with Crippen molar-refractivity contribution < 1.29 is 0 Å². The standard InChI is InChI=1S/C49H37NS/c1-49(2)44-21-10-8-16-39(44)40-28-27-35(31-45(40)49)50(46-30-29-36(32-13-4-3-5-14-32)38-15-6-7-17-41(38)46)34-25-23-33(24-26-34)37-19-12-20-43-42-18-9-11-22-47(42)51-48(37)43/h3-31,43,48H,1-2H3. The second kappa shape index (κ2) is 11.8. The minimum Gasteiger partial charge on any atom is -0.310 e. The highest BCUT2D eigenvalue weighted by atomic mass is 32.2. The van der Waals surface area contributed by atoms with Gasteiger partial charge in [-0.15, -0.1) is 11.8 Å². The van der Waals surface area contributed by atoms with Crippen molar-refractivity contribution in [3.63, 3.8) is 0 Å². The van der Waals surface area contributed by atoms with Gasteiger partial charge in [0.15, 0.2) is 0 Å². The third-order valence-corrected chi connectivity index (χ3v) is 12.7. The van der Waals surface area contributed by atoms with Crippen LogP contribution in [0.25, 0.3) is 38.6 Å². The quantitative estimate of drug-likeness (QED) is 0.179. The first-order chi connectivity index (χ1) is 25.1. The van der Waals surface area contributed by atoms with Crippen LogP contribution in [0, 0.1) is 0 Å². The summed E-state index contributed by atoms with van der Waals surface area (Å²) in [6, 6.07) is 58.5. The van der Waals surface area contributed by atoms with Crippen molar-refractivity contribution in [3.05, 3.63) is 198 Å². The van der Waals surface area contributed by atoms with Crippen LogP contribution in [0.3, 0.4) is 0 Å². The first-order valence-electron chi connectivity index (χ1n) is 17.9. The van der Waals surface area contributed by atoms with E-state index in [1.807, 2.05) is 11.8 Å². The Morgan fingerprint density at radius 3 is 2.10 bits per heavy atom. The summed E-state index contributed by atoms with van der Waals surface area (Å²) in [5, 5.41) is 2.87. The number of anilines is 3. The fraction of sp³-hybridized carbons (Fsp3) is 0.102. The Morgan fingerprint density at radius 1 is 0.549 bits per heavy atom. The molecular formula is C49H37NS. The monoisotopic (exact) mass is 671 g/mol. The first kappa shape index (κ1) is 30.3. The summed E-state index contributed by atoms with van der Waals surface area (Å²) in [7, 11) is 0. The predicted octanol–water partition coefficient (Wildman–Crippen LogP) is 13.5. The smallest absolute Gasteiger partial charge is 0.0540 e. The van der Waals surface area contributed by atoms with Gasteiger partial charge in [0.05, 0.1) is 5.69 Å². The van der Waals surface area contributed by atoms with E-state index in [-0.39, 0.29) is 5.41 Å². The number of nitrogens with zero attached hydrogens (tertiary/aromatic N) is 1. The molecule has 3 aliphatic rings. The van der Waals surface area contributed by atoms with Gasteiger partial charge < -0.3 is 4.90 Å². The number of rotatable bonds is 5. The lowest BCUT2D eigenvalue weighted by atomic mass is 9.82. The molecule has 2 heteroatoms. The van der Waals surface area contributed by atoms with Crippen molar-refractivity contribution in [3.8, 4) is 22.3 Å². The van der Waals surface area contributed by atoms with Gasteiger partial charge in [0.1, 0.15) is 0 Å². The van der Waals surface area contributed by atoms with Crippen LogP contribution < -0.4 is 4.90 Å². The highest BCUT2D eigenvalue weighted by molar-refractivity contribution is 8.00. The van der Waals surface area contributed by atoms with Crippen molar-refractivity contribution in [1.29, 1.82) is 0 Å². The lowest BCUT2D eigenvalue weighted by Crippen LogP contribution is -2.17. The predicted molar refractivity (Wildman–Crippen MR) is 218 cm³/mol. The molecule has 10 rings (SSSR count). The van der Waals surface area contributed by atoms with Crippen molar-refractivity contribution in [2.45, 2.75) is 35.3 Å². The molecule has 2 unspecified atom stereocenters. The van der Waals surface area contributed by atoms with E-state index in [0.29, 0.717) is 11.2 Å². The van der Waals surface area contributed by atoms with Crippen LogP contribution in [0.5, 0.6) is 0 Å². The lowest BCUT2D eigenvalue weighted by molar-refractivity contribution is 0.660. The van der Waals surface area contributed by atoms with E-state index in [2.05, 4.69) is 195 Å². The van der Waals surface area contributed by atoms with Crippen LogP contribution >= 0.6 is 11.8 Å². The van der Waals surface area contributed by atoms with Crippen molar-refractivity contribution >= 4 is 45.2 Å². The van der Waals surface area contributed by atoms with Crippen LogP contribution in [-0.4, -0.2) is 5.25 Å². The summed E-state index contributed by atoms with van der Waals surface area (Å²) >= 11 is 2.00. The van der Waals surface area contributed by atoms with Gasteiger partial charge >= 0.3 is 0 Å². The maximum absolute atomic E-state index is 2.47. The average molecular weight is 672 g/mol. The van der Waals surface area contributed by atoms with Gasteiger partial charge in [-0.2, -0.15) is 0 Å². The second-order valence-corrected chi connectivity index (χ2v) is 15.6. The van der Waals surface area contributed by atoms with Gasteiger partial charge in [0.2, 0.25) is 0 Å². The molecule has 1 nitrogen and oxygen atoms in total. The summed E-state index contributed by atoms with van der Waals surface area (Å²) in [6.07, 6.45) is 6.95. The molecule has 7 aromatic rings. The molecule has 0 amide bonds. The molecule has 0 saturated heterocycles. The largest absolute Gasteiger partial charge is 0.310 e. The molecule has 2 aliphatic carbocycles. The number of benzene rings is 7. The number of hydrogen-bond donors (Lipinski definition) is 0. The minimum absolute atomic E-state index is 0.0925. The Bertz CT molecular complexity index is 2540. The summed E-state index contributed by atoms with van der Waals surface area (Å²) in [6.45, 7) is 4.73. The molecule has 51 heavy (non-hydrogen) atoms. The van der Waals surface area contributed by atoms with Crippen LogP contribution in [0.4, 0.5) is 17.1 Å². The minimum atomic E-state index is -0.0925. The zero-order valence-electron chi connectivity index (χ0n) is 28.8. The topological polar surface area (TPSA) is 3.24 Å². The third-order valence-electron chi connectivity index (χ3n) is 11.3. The van der Waals surface area contributed by atoms with E-state index in [4.69, 9.17) is 0 Å². The van der Waals surface area contributed by atoms with E-state index in [0.717, 1.165) is 5.69 Å². The molecule has 0 radical (unpaired) electrons. The number of allylic oxidation sites excluding steroid dienone is 3. The zero-order chi connectivity index (χ0) is 34.1. The molecule has 1 heterocycles. The van der Waals surface area contributed by atoms with E-state index >= 15 is 0 Å². The van der Waals surface area contributed by atoms with E-state index < -0.39 is 0 Å². The first-order valence-corrected chi connectivity index (χ1v) is 18.8. The van der Waals surface area contributed by atoms with Gasteiger partial charge in [0.25, 0.3) is 0 Å². The second-order valence-electron chi connectivity index (χ2n) is 14.4. The molecule has 0 bridgehead atoms. The Kier molecular flexibility index (Phi) is 6.98. The number of fused-ring (bicyclic) bond motifs is 7. The molecule has 7 aromatic carbocycles. The van der Waals surface area contributed by atoms with Crippen LogP contribution in [-0.2, 0) is 5.41 Å². The van der Waals surface area contributed by atoms with E-state index in [9.17, 15) is 0 Å². The average Bonchev–Trinajstić information content (AvgIpc) is 3.68. The Balaban J connectivity index is 1.12. The Hall–Kier alpha value is -5.57. The Morgan fingerprint density at radius 2 is 1.24 bits per heavy atom. The van der Waals surface area contributed by atoms with Gasteiger partial charge in [-0.3, -0.25) is 0 Å². The van der Waals surface area contributed by atoms with Crippen LogP contribution in [0.15, 0.2) is 181 Å². The van der Waals surface area contributed by atoms with Crippen LogP contribution in [0.1, 0.15) is 42.0 Å². The maximum Gasteiger partial charge on any atom is 0.0540 e. The van der Waals surface area contributed by atoms with Gasteiger partial charge in [-0.25, -0.2) is 0 Å². The van der Waals surface area contributed by atoms with Gasteiger partial charge in [0, 0.05) is 38.2 Å². The molecule has 244 valence electrons. The molecule has 0 N–H and O–H groups in total. The van der Waals surface area contributed by atoms with E-state index in [1.54, 1.807) is 0 Å². The fourth-order valence-corrected chi connectivity index (χ4v) is 10.2. The van der Waals surface area contributed by atoms with Gasteiger partial charge in [-0.1, -0.05) is 153 Å². The third kappa shape index (κ3) is 4.77. The molecule has 0 spiro atoms. The van der Waals surface area contributed by atoms with Crippen molar-refractivity contribution in [2.24, 2.45) is 0 Å². The SMILES string of the molecule is CC1(C)c2ccccc2-c2ccc(N(c3ccc(C4=CC=CC5c6ccccc6SC45)cc3)c3ccc(-c4ccccc4)c4ccccc34)cc21. The lowest BCUT2D eigenvalue weighted by Gasteiger charge is -2.30. The van der Waals surface area contributed by atoms with Crippen LogP contribution in [0.2, 0.25) is 0 Å². The summed E-state index contributed by atoms with van der Waals surface area (Å²) < 4.78 is 0. The summed E-state index contributed by atoms with van der Waals surface area (Å²) in [5.41, 5.74) is 15.5. The highest BCUT2D eigenvalue weighted by Crippen LogP contribution is 2.54. The molecule has 0 saturated carbocycles. The fourth-order valence-electron chi connectivity index (χ4n) is 8.74. The molecule has 1 aliphatic heterocycles. The van der Waals surface area contributed by atoms with E-state index in [1.165, 1.54) is 77.1 Å². The molecule has 0 fully saturated rings. The van der Waals surface area contributed by atoms with Crippen molar-refractivity contribution in [2.75, 3.05) is 4.90 Å². The zero-order valence-corrected chi connectivity index (χ0v) is 29.6. The summed E-state index contributed by atoms with van der Waals surface area (Å²) in [4.78, 5) is 3.87. The summed E-state index contributed by atoms with van der Waals surface area (Å²) in [5.74, 6) is 0.413. The highest BCUT2D eigenvalue weighted by Gasteiger charge is 2.37. The van der Waals surface area contributed by atoms with Crippen molar-refractivity contribution in [1.82, 2.24) is 0 Å². The van der Waals surface area contributed by atoms with Gasteiger partial charge in [-0.05, 0) is 91.9 Å². The Labute approximate surface area is 304 Å². The number of thioether (sulfide) groups is 1. The molecular weight excluding hydrogens is 635 g/mol. The molecule has 0 aromatic heterocycles. The molecule has 2 atom stereocenters. The normalized spacial score (nSPS) is 17.7. The number of hydrogen-bond acceptors (Lipinski definition) is 2.